The number of rotatable bonds is 3. The van der Waals surface area contributed by atoms with E-state index in [0.29, 0.717) is 18.2 Å². The molecule has 1 unspecified atom stereocenters. The van der Waals surface area contributed by atoms with Gasteiger partial charge < -0.3 is 9.88 Å². The summed E-state index contributed by atoms with van der Waals surface area (Å²) in [5.41, 5.74) is 3.95. The molecule has 0 aliphatic heterocycles. The Morgan fingerprint density at radius 3 is 3.05 bits per heavy atom. The van der Waals surface area contributed by atoms with E-state index >= 15 is 0 Å². The molecule has 1 aromatic carbocycles. The van der Waals surface area contributed by atoms with Crippen LogP contribution in [0.3, 0.4) is 0 Å². The number of fused-ring (bicyclic) bond motifs is 1. The third-order valence-electron chi connectivity index (χ3n) is 4.20. The molecule has 2 aromatic rings. The molecule has 1 aromatic heterocycles. The highest BCUT2D eigenvalue weighted by atomic mass is 19.1. The molecule has 0 saturated heterocycles. The fourth-order valence-electron chi connectivity index (χ4n) is 3.14. The van der Waals surface area contributed by atoms with Gasteiger partial charge >= 0.3 is 0 Å². The van der Waals surface area contributed by atoms with Gasteiger partial charge in [0.2, 0.25) is 0 Å². The van der Waals surface area contributed by atoms with Gasteiger partial charge in [0.25, 0.3) is 0 Å². The minimum atomic E-state index is -0.297. The summed E-state index contributed by atoms with van der Waals surface area (Å²) >= 11 is 0. The van der Waals surface area contributed by atoms with Crippen molar-refractivity contribution in [2.75, 3.05) is 7.05 Å². The molecule has 1 aliphatic rings. The average molecular weight is 283 g/mol. The van der Waals surface area contributed by atoms with Crippen LogP contribution < -0.4 is 5.32 Å². The second-order valence-corrected chi connectivity index (χ2v) is 5.56. The van der Waals surface area contributed by atoms with Crippen LogP contribution in [0.4, 0.5) is 4.39 Å². The van der Waals surface area contributed by atoms with Crippen LogP contribution >= 0.6 is 0 Å². The van der Waals surface area contributed by atoms with E-state index < -0.39 is 0 Å². The van der Waals surface area contributed by atoms with Crippen LogP contribution in [0.1, 0.15) is 41.1 Å². The largest absolute Gasteiger partial charge is 0.349 e. The lowest BCUT2D eigenvalue weighted by atomic mass is 9.91. The van der Waals surface area contributed by atoms with E-state index in [2.05, 4.69) is 28.3 Å². The van der Waals surface area contributed by atoms with Gasteiger partial charge in [-0.05, 0) is 61.2 Å². The van der Waals surface area contributed by atoms with Crippen molar-refractivity contribution in [1.82, 2.24) is 9.88 Å². The Morgan fingerprint density at radius 2 is 2.29 bits per heavy atom. The first kappa shape index (κ1) is 13.8. The molecule has 0 amide bonds. The van der Waals surface area contributed by atoms with Gasteiger partial charge in [0.15, 0.2) is 0 Å². The van der Waals surface area contributed by atoms with Crippen molar-refractivity contribution in [3.8, 4) is 6.07 Å². The Balaban J connectivity index is 1.91. The summed E-state index contributed by atoms with van der Waals surface area (Å²) in [5.74, 6) is -0.297. The summed E-state index contributed by atoms with van der Waals surface area (Å²) in [6, 6.07) is 6.86. The number of hydrogen-bond donors (Lipinski definition) is 1. The van der Waals surface area contributed by atoms with Crippen LogP contribution in [0.2, 0.25) is 0 Å². The first-order valence-corrected chi connectivity index (χ1v) is 7.25. The molecule has 3 rings (SSSR count). The molecule has 0 radical (unpaired) electrons. The van der Waals surface area contributed by atoms with E-state index in [4.69, 9.17) is 5.26 Å². The van der Waals surface area contributed by atoms with Gasteiger partial charge in [-0.15, -0.1) is 0 Å². The Bertz CT molecular complexity index is 697. The molecule has 4 heteroatoms. The number of hydrogen-bond acceptors (Lipinski definition) is 2. The molecule has 1 N–H and O–H groups in total. The maximum atomic E-state index is 13.4. The molecule has 3 nitrogen and oxygen atoms in total. The molecule has 0 saturated carbocycles. The molecular formula is C17H18FN3. The SMILES string of the molecule is CNC1CCCc2cn(Cc3cc(F)ccc3C#N)cc21. The zero-order chi connectivity index (χ0) is 14.8. The number of nitriles is 1. The summed E-state index contributed by atoms with van der Waals surface area (Å²) in [6.07, 6.45) is 7.68. The number of benzene rings is 1. The lowest BCUT2D eigenvalue weighted by Crippen LogP contribution is -2.20. The summed E-state index contributed by atoms with van der Waals surface area (Å²) in [5, 5.41) is 12.5. The third kappa shape index (κ3) is 2.70. The highest BCUT2D eigenvalue weighted by molar-refractivity contribution is 5.39. The summed E-state index contributed by atoms with van der Waals surface area (Å²) in [6.45, 7) is 0.532. The zero-order valence-corrected chi connectivity index (χ0v) is 12.1. The molecule has 0 spiro atoms. The normalized spacial score (nSPS) is 17.3. The molecular weight excluding hydrogens is 265 g/mol. The van der Waals surface area contributed by atoms with Crippen molar-refractivity contribution in [3.63, 3.8) is 0 Å². The van der Waals surface area contributed by atoms with Crippen molar-refractivity contribution in [1.29, 1.82) is 5.26 Å². The fraction of sp³-hybridized carbons (Fsp3) is 0.353. The Labute approximate surface area is 124 Å². The predicted octanol–water partition coefficient (Wildman–Crippen LogP) is 3.14. The Kier molecular flexibility index (Phi) is 3.76. The minimum absolute atomic E-state index is 0.297. The maximum absolute atomic E-state index is 13.4. The Morgan fingerprint density at radius 1 is 1.43 bits per heavy atom. The Hall–Kier alpha value is -2.12. The number of nitrogens with one attached hydrogen (secondary N) is 1. The lowest BCUT2D eigenvalue weighted by Gasteiger charge is -2.21. The maximum Gasteiger partial charge on any atom is 0.123 e. The molecule has 1 atom stereocenters. The van der Waals surface area contributed by atoms with Gasteiger partial charge in [-0.1, -0.05) is 0 Å². The molecule has 1 aliphatic carbocycles. The fourth-order valence-corrected chi connectivity index (χ4v) is 3.14. The van der Waals surface area contributed by atoms with E-state index in [1.54, 1.807) is 6.07 Å². The molecule has 21 heavy (non-hydrogen) atoms. The van der Waals surface area contributed by atoms with E-state index in [0.717, 1.165) is 18.4 Å². The van der Waals surface area contributed by atoms with E-state index in [1.165, 1.54) is 29.7 Å². The zero-order valence-electron chi connectivity index (χ0n) is 12.1. The average Bonchev–Trinajstić information content (AvgIpc) is 2.89. The van der Waals surface area contributed by atoms with Crippen molar-refractivity contribution in [3.05, 3.63) is 58.7 Å². The topological polar surface area (TPSA) is 40.8 Å². The second-order valence-electron chi connectivity index (χ2n) is 5.56. The van der Waals surface area contributed by atoms with Crippen LogP contribution in [0.15, 0.2) is 30.6 Å². The summed E-state index contributed by atoms with van der Waals surface area (Å²) in [7, 11) is 1.98. The standard InChI is InChI=1S/C17H18FN3/c1-20-17-4-2-3-13-9-21(11-16(13)17)10-14-7-15(18)6-5-12(14)8-19/h5-7,9,11,17,20H,2-4,10H2,1H3. The van der Waals surface area contributed by atoms with Gasteiger partial charge in [0.1, 0.15) is 5.82 Å². The summed E-state index contributed by atoms with van der Waals surface area (Å²) < 4.78 is 15.5. The first-order chi connectivity index (χ1) is 10.2. The number of aryl methyl sites for hydroxylation is 1. The van der Waals surface area contributed by atoms with Crippen LogP contribution in [-0.2, 0) is 13.0 Å². The van der Waals surface area contributed by atoms with E-state index in [1.807, 2.05) is 7.05 Å². The van der Waals surface area contributed by atoms with Crippen LogP contribution in [0, 0.1) is 17.1 Å². The summed E-state index contributed by atoms with van der Waals surface area (Å²) in [4.78, 5) is 0. The van der Waals surface area contributed by atoms with Gasteiger partial charge in [-0.3, -0.25) is 0 Å². The minimum Gasteiger partial charge on any atom is -0.349 e. The van der Waals surface area contributed by atoms with Crippen LogP contribution in [-0.4, -0.2) is 11.6 Å². The van der Waals surface area contributed by atoms with E-state index in [-0.39, 0.29) is 5.82 Å². The monoisotopic (exact) mass is 283 g/mol. The van der Waals surface area contributed by atoms with Gasteiger partial charge in [0, 0.05) is 25.0 Å². The van der Waals surface area contributed by atoms with E-state index in [9.17, 15) is 4.39 Å². The number of aromatic nitrogens is 1. The van der Waals surface area contributed by atoms with Gasteiger partial charge in [-0.25, -0.2) is 4.39 Å². The van der Waals surface area contributed by atoms with Crippen LogP contribution in [0.5, 0.6) is 0 Å². The first-order valence-electron chi connectivity index (χ1n) is 7.25. The van der Waals surface area contributed by atoms with Crippen molar-refractivity contribution < 1.29 is 4.39 Å². The number of halogens is 1. The highest BCUT2D eigenvalue weighted by Crippen LogP contribution is 2.30. The third-order valence-corrected chi connectivity index (χ3v) is 4.20. The predicted molar refractivity (Wildman–Crippen MR) is 79.4 cm³/mol. The molecule has 0 fully saturated rings. The van der Waals surface area contributed by atoms with Crippen molar-refractivity contribution in [2.45, 2.75) is 31.8 Å². The number of nitrogens with zero attached hydrogens (tertiary/aromatic N) is 2. The highest BCUT2D eigenvalue weighted by Gasteiger charge is 2.20. The van der Waals surface area contributed by atoms with Crippen LogP contribution in [0.25, 0.3) is 0 Å². The lowest BCUT2D eigenvalue weighted by molar-refractivity contribution is 0.498. The van der Waals surface area contributed by atoms with Gasteiger partial charge in [-0.2, -0.15) is 5.26 Å². The van der Waals surface area contributed by atoms with Crippen molar-refractivity contribution in [2.24, 2.45) is 0 Å². The molecule has 1 heterocycles. The smallest absolute Gasteiger partial charge is 0.123 e. The molecule has 108 valence electrons. The second kappa shape index (κ2) is 5.71. The quantitative estimate of drug-likeness (QED) is 0.940. The van der Waals surface area contributed by atoms with Crippen molar-refractivity contribution >= 4 is 0 Å². The van der Waals surface area contributed by atoms with Gasteiger partial charge in [0.05, 0.1) is 11.6 Å². The molecule has 0 bridgehead atoms.